The second-order valence-corrected chi connectivity index (χ2v) is 7.10. The molecule has 1 aliphatic heterocycles. The predicted octanol–water partition coefficient (Wildman–Crippen LogP) is 3.76. The second-order valence-electron chi connectivity index (χ2n) is 7.10. The lowest BCUT2D eigenvalue weighted by Gasteiger charge is -2.21. The van der Waals surface area contributed by atoms with Crippen LogP contribution >= 0.6 is 0 Å². The van der Waals surface area contributed by atoms with E-state index in [0.29, 0.717) is 25.3 Å². The Hall–Kier alpha value is -3.28. The lowest BCUT2D eigenvalue weighted by atomic mass is 10.1. The topological polar surface area (TPSA) is 65.4 Å². The molecule has 1 amide bonds. The van der Waals surface area contributed by atoms with E-state index in [-0.39, 0.29) is 11.9 Å². The summed E-state index contributed by atoms with van der Waals surface area (Å²) in [7, 11) is 0. The van der Waals surface area contributed by atoms with E-state index in [4.69, 9.17) is 9.47 Å². The van der Waals surface area contributed by atoms with Crippen molar-refractivity contribution in [1.82, 2.24) is 15.1 Å². The van der Waals surface area contributed by atoms with Crippen LogP contribution in [-0.4, -0.2) is 28.9 Å². The molecule has 1 aromatic heterocycles. The zero-order valence-electron chi connectivity index (χ0n) is 16.7. The van der Waals surface area contributed by atoms with Crippen molar-refractivity contribution in [3.05, 3.63) is 77.1 Å². The number of nitrogens with one attached hydrogen (secondary N) is 1. The van der Waals surface area contributed by atoms with Crippen LogP contribution in [-0.2, 0) is 13.0 Å². The molecule has 0 radical (unpaired) electrons. The third kappa shape index (κ3) is 4.11. The molecule has 1 unspecified atom stereocenters. The smallest absolute Gasteiger partial charge is 0.255 e. The fraction of sp³-hybridized carbons (Fsp3) is 0.304. The van der Waals surface area contributed by atoms with Gasteiger partial charge in [0.2, 0.25) is 0 Å². The second kappa shape index (κ2) is 8.39. The Labute approximate surface area is 170 Å². The normalized spacial score (nSPS) is 13.7. The highest BCUT2D eigenvalue weighted by Gasteiger charge is 2.20. The summed E-state index contributed by atoms with van der Waals surface area (Å²) in [6.07, 6.45) is 2.39. The van der Waals surface area contributed by atoms with Crippen LogP contribution in [0.25, 0.3) is 0 Å². The molecule has 0 bridgehead atoms. The molecule has 2 heterocycles. The highest BCUT2D eigenvalue weighted by molar-refractivity contribution is 5.95. The molecule has 0 saturated heterocycles. The van der Waals surface area contributed by atoms with E-state index in [1.165, 1.54) is 0 Å². The van der Waals surface area contributed by atoms with Crippen molar-refractivity contribution in [2.24, 2.45) is 0 Å². The summed E-state index contributed by atoms with van der Waals surface area (Å²) < 4.78 is 13.1. The Kier molecular flexibility index (Phi) is 5.51. The van der Waals surface area contributed by atoms with Crippen LogP contribution in [0.5, 0.6) is 11.5 Å². The number of rotatable bonds is 6. The van der Waals surface area contributed by atoms with Crippen molar-refractivity contribution in [2.75, 3.05) is 13.2 Å². The molecule has 0 fully saturated rings. The first-order chi connectivity index (χ1) is 14.2. The van der Waals surface area contributed by atoms with Gasteiger partial charge in [0, 0.05) is 0 Å². The number of amides is 1. The van der Waals surface area contributed by atoms with E-state index < -0.39 is 0 Å². The zero-order valence-corrected chi connectivity index (χ0v) is 16.7. The number of aromatic nitrogens is 2. The fourth-order valence-corrected chi connectivity index (χ4v) is 3.55. The van der Waals surface area contributed by atoms with Crippen LogP contribution in [0.2, 0.25) is 0 Å². The Balaban J connectivity index is 1.49. The molecule has 29 heavy (non-hydrogen) atoms. The summed E-state index contributed by atoms with van der Waals surface area (Å²) in [5.74, 6) is 1.34. The van der Waals surface area contributed by atoms with Gasteiger partial charge in [0.1, 0.15) is 13.2 Å². The van der Waals surface area contributed by atoms with Crippen molar-refractivity contribution < 1.29 is 14.3 Å². The summed E-state index contributed by atoms with van der Waals surface area (Å²) in [6.45, 7) is 5.75. The summed E-state index contributed by atoms with van der Waals surface area (Å²) in [6, 6.07) is 15.7. The number of hydrogen-bond acceptors (Lipinski definition) is 4. The minimum atomic E-state index is -0.166. The number of carbonyl (C=O) groups is 1. The van der Waals surface area contributed by atoms with Crippen molar-refractivity contribution in [1.29, 1.82) is 0 Å². The molecule has 150 valence electrons. The van der Waals surface area contributed by atoms with E-state index in [0.717, 1.165) is 34.7 Å². The first-order valence-electron chi connectivity index (χ1n) is 9.94. The minimum absolute atomic E-state index is 0.122. The molecule has 0 aliphatic carbocycles. The predicted molar refractivity (Wildman–Crippen MR) is 110 cm³/mol. The highest BCUT2D eigenvalue weighted by Crippen LogP contribution is 2.32. The lowest BCUT2D eigenvalue weighted by Crippen LogP contribution is -2.27. The Bertz CT molecular complexity index is 998. The van der Waals surface area contributed by atoms with Crippen molar-refractivity contribution in [3.8, 4) is 11.5 Å². The van der Waals surface area contributed by atoms with Crippen molar-refractivity contribution >= 4 is 5.91 Å². The molecular formula is C23H25N3O3. The molecule has 4 rings (SSSR count). The quantitative estimate of drug-likeness (QED) is 0.695. The molecule has 1 atom stereocenters. The van der Waals surface area contributed by atoms with Gasteiger partial charge < -0.3 is 14.8 Å². The van der Waals surface area contributed by atoms with Gasteiger partial charge in [-0.1, -0.05) is 43.3 Å². The third-order valence-electron chi connectivity index (χ3n) is 5.12. The lowest BCUT2D eigenvalue weighted by molar-refractivity contribution is 0.0938. The first-order valence-corrected chi connectivity index (χ1v) is 9.94. The van der Waals surface area contributed by atoms with Gasteiger partial charge in [-0.15, -0.1) is 0 Å². The van der Waals surface area contributed by atoms with Crippen LogP contribution in [0.4, 0.5) is 0 Å². The molecule has 1 N–H and O–H groups in total. The summed E-state index contributed by atoms with van der Waals surface area (Å²) in [4.78, 5) is 12.9. The van der Waals surface area contributed by atoms with Crippen LogP contribution in [0.3, 0.4) is 0 Å². The average Bonchev–Trinajstić information content (AvgIpc) is 3.16. The largest absolute Gasteiger partial charge is 0.486 e. The highest BCUT2D eigenvalue weighted by atomic mass is 16.6. The average molecular weight is 391 g/mol. The van der Waals surface area contributed by atoms with Crippen LogP contribution in [0.1, 0.15) is 47.1 Å². The van der Waals surface area contributed by atoms with Gasteiger partial charge in [0.05, 0.1) is 30.0 Å². The minimum Gasteiger partial charge on any atom is -0.486 e. The van der Waals surface area contributed by atoms with E-state index >= 15 is 0 Å². The molecule has 6 heteroatoms. The van der Waals surface area contributed by atoms with Gasteiger partial charge in [0.25, 0.3) is 5.91 Å². The first kappa shape index (κ1) is 19.1. The maximum atomic E-state index is 12.9. The van der Waals surface area contributed by atoms with Crippen molar-refractivity contribution in [3.63, 3.8) is 0 Å². The van der Waals surface area contributed by atoms with Gasteiger partial charge in [0.15, 0.2) is 11.5 Å². The Morgan fingerprint density at radius 2 is 1.90 bits per heavy atom. The van der Waals surface area contributed by atoms with Gasteiger partial charge in [-0.2, -0.15) is 5.10 Å². The van der Waals surface area contributed by atoms with Gasteiger partial charge in [-0.3, -0.25) is 9.48 Å². The number of carbonyl (C=O) groups excluding carboxylic acids is 1. The van der Waals surface area contributed by atoms with E-state index in [2.05, 4.69) is 22.5 Å². The maximum Gasteiger partial charge on any atom is 0.255 e. The Morgan fingerprint density at radius 1 is 1.14 bits per heavy atom. The van der Waals surface area contributed by atoms with E-state index in [9.17, 15) is 4.79 Å². The summed E-state index contributed by atoms with van der Waals surface area (Å²) in [5.41, 5.74) is 3.67. The van der Waals surface area contributed by atoms with Gasteiger partial charge in [-0.25, -0.2) is 0 Å². The molecule has 6 nitrogen and oxygen atoms in total. The summed E-state index contributed by atoms with van der Waals surface area (Å²) >= 11 is 0. The zero-order chi connectivity index (χ0) is 20.2. The number of fused-ring (bicyclic) bond motifs is 1. The molecule has 1 aliphatic rings. The molecular weight excluding hydrogens is 366 g/mol. The molecule has 0 saturated carbocycles. The number of benzene rings is 2. The van der Waals surface area contributed by atoms with Crippen LogP contribution < -0.4 is 14.8 Å². The number of hydrogen-bond donors (Lipinski definition) is 1. The summed E-state index contributed by atoms with van der Waals surface area (Å²) in [5, 5.41) is 7.54. The fourth-order valence-electron chi connectivity index (χ4n) is 3.55. The SMILES string of the molecule is CCc1c(C(=O)NC(C)c2ccc3c(c2)OCCO3)cnn1Cc1ccccc1. The third-order valence-corrected chi connectivity index (χ3v) is 5.12. The van der Waals surface area contributed by atoms with E-state index in [1.54, 1.807) is 6.20 Å². The monoisotopic (exact) mass is 391 g/mol. The maximum absolute atomic E-state index is 12.9. The van der Waals surface area contributed by atoms with Gasteiger partial charge in [-0.05, 0) is 36.6 Å². The molecule has 0 spiro atoms. The van der Waals surface area contributed by atoms with Crippen molar-refractivity contribution in [2.45, 2.75) is 32.9 Å². The van der Waals surface area contributed by atoms with Crippen LogP contribution in [0.15, 0.2) is 54.7 Å². The molecule has 3 aromatic rings. The molecule has 2 aromatic carbocycles. The number of nitrogens with zero attached hydrogens (tertiary/aromatic N) is 2. The van der Waals surface area contributed by atoms with E-state index in [1.807, 2.05) is 54.9 Å². The Morgan fingerprint density at radius 3 is 2.66 bits per heavy atom. The standard InChI is InChI=1S/C23H25N3O3/c1-3-20-19(14-24-26(20)15-17-7-5-4-6-8-17)23(27)25-16(2)18-9-10-21-22(13-18)29-12-11-28-21/h4-10,13-14,16H,3,11-12,15H2,1-2H3,(H,25,27). The van der Waals surface area contributed by atoms with Gasteiger partial charge >= 0.3 is 0 Å². The van der Waals surface area contributed by atoms with Crippen LogP contribution in [0, 0.1) is 0 Å². The number of ether oxygens (including phenoxy) is 2.